The van der Waals surface area contributed by atoms with Gasteiger partial charge in [-0.15, -0.1) is 0 Å². The average Bonchev–Trinajstić information content (AvgIpc) is 2.82. The summed E-state index contributed by atoms with van der Waals surface area (Å²) in [6, 6.07) is 6.60. The van der Waals surface area contributed by atoms with Crippen LogP contribution in [0.1, 0.15) is 17.0 Å². The fourth-order valence-electron chi connectivity index (χ4n) is 2.62. The number of nitrogens with zero attached hydrogens (tertiary/aromatic N) is 2. The lowest BCUT2D eigenvalue weighted by atomic mass is 10.0. The molecule has 1 aromatic carbocycles. The van der Waals surface area contributed by atoms with E-state index in [0.29, 0.717) is 0 Å². The van der Waals surface area contributed by atoms with Gasteiger partial charge in [0.05, 0.1) is 5.69 Å². The molecule has 21 heavy (non-hydrogen) atoms. The van der Waals surface area contributed by atoms with Crippen LogP contribution in [0.3, 0.4) is 0 Å². The summed E-state index contributed by atoms with van der Waals surface area (Å²) in [6.45, 7) is 10.4. The molecular formula is C16H21N3OS. The lowest BCUT2D eigenvalue weighted by Gasteiger charge is -2.26. The Morgan fingerprint density at radius 1 is 1.19 bits per heavy atom. The first-order valence-corrected chi connectivity index (χ1v) is 8.10. The Morgan fingerprint density at radius 2 is 1.95 bits per heavy atom. The van der Waals surface area contributed by atoms with Gasteiger partial charge in [0.25, 0.3) is 0 Å². The largest absolute Gasteiger partial charge is 0.361 e. The Labute approximate surface area is 130 Å². The molecule has 112 valence electrons. The van der Waals surface area contributed by atoms with Crippen molar-refractivity contribution in [3.05, 3.63) is 35.2 Å². The maximum Gasteiger partial charge on any atom is 0.141 e. The summed E-state index contributed by atoms with van der Waals surface area (Å²) in [6.07, 6.45) is 0. The zero-order valence-electron chi connectivity index (χ0n) is 12.8. The van der Waals surface area contributed by atoms with Crippen molar-refractivity contribution in [1.29, 1.82) is 0 Å². The zero-order valence-corrected chi connectivity index (χ0v) is 13.6. The van der Waals surface area contributed by atoms with Crippen molar-refractivity contribution in [3.8, 4) is 11.1 Å². The molecule has 4 nitrogen and oxygen atoms in total. The average molecular weight is 303 g/mol. The van der Waals surface area contributed by atoms with E-state index < -0.39 is 0 Å². The molecule has 1 N–H and O–H groups in total. The standard InChI is InChI=1S/C16H21N3OS/c1-11-4-5-14(16-12(2)18-20-13(16)3)10-15(11)21-19-8-6-17-7-9-19/h4-5,10,17H,6-9H2,1-3H3. The van der Waals surface area contributed by atoms with Crippen molar-refractivity contribution in [3.63, 3.8) is 0 Å². The molecule has 2 heterocycles. The van der Waals surface area contributed by atoms with Gasteiger partial charge in [0.2, 0.25) is 0 Å². The minimum atomic E-state index is 0.884. The van der Waals surface area contributed by atoms with Crippen molar-refractivity contribution in [2.24, 2.45) is 0 Å². The van der Waals surface area contributed by atoms with E-state index in [1.54, 1.807) is 0 Å². The number of piperazine rings is 1. The van der Waals surface area contributed by atoms with Crippen molar-refractivity contribution >= 4 is 11.9 Å². The first-order valence-electron chi connectivity index (χ1n) is 7.32. The molecule has 3 rings (SSSR count). The summed E-state index contributed by atoms with van der Waals surface area (Å²) in [7, 11) is 0. The van der Waals surface area contributed by atoms with Crippen LogP contribution in [0.25, 0.3) is 11.1 Å². The van der Waals surface area contributed by atoms with Gasteiger partial charge in [0, 0.05) is 36.6 Å². The molecule has 0 bridgehead atoms. The minimum absolute atomic E-state index is 0.884. The number of aromatic nitrogens is 1. The molecule has 0 spiro atoms. The van der Waals surface area contributed by atoms with Gasteiger partial charge in [-0.25, -0.2) is 4.31 Å². The van der Waals surface area contributed by atoms with Crippen molar-refractivity contribution in [2.45, 2.75) is 25.7 Å². The molecule has 5 heteroatoms. The molecule has 1 saturated heterocycles. The van der Waals surface area contributed by atoms with Gasteiger partial charge in [0.1, 0.15) is 5.76 Å². The van der Waals surface area contributed by atoms with Gasteiger partial charge >= 0.3 is 0 Å². The molecule has 2 aromatic rings. The SMILES string of the molecule is Cc1ccc(-c2c(C)noc2C)cc1SN1CCNCC1. The van der Waals surface area contributed by atoms with E-state index in [0.717, 1.165) is 43.2 Å². The van der Waals surface area contributed by atoms with Crippen molar-refractivity contribution in [2.75, 3.05) is 26.2 Å². The third kappa shape index (κ3) is 3.15. The highest BCUT2D eigenvalue weighted by Crippen LogP contribution is 2.33. The smallest absolute Gasteiger partial charge is 0.141 e. The van der Waals surface area contributed by atoms with E-state index in [-0.39, 0.29) is 0 Å². The number of hydrogen-bond donors (Lipinski definition) is 1. The van der Waals surface area contributed by atoms with E-state index in [4.69, 9.17) is 4.52 Å². The van der Waals surface area contributed by atoms with Gasteiger partial charge in [-0.1, -0.05) is 17.3 Å². The number of hydrogen-bond acceptors (Lipinski definition) is 5. The van der Waals surface area contributed by atoms with Crippen LogP contribution in [0.4, 0.5) is 0 Å². The van der Waals surface area contributed by atoms with Crippen LogP contribution in [0.2, 0.25) is 0 Å². The second-order valence-electron chi connectivity index (χ2n) is 5.45. The molecular weight excluding hydrogens is 282 g/mol. The van der Waals surface area contributed by atoms with Crippen LogP contribution >= 0.6 is 11.9 Å². The third-order valence-electron chi connectivity index (χ3n) is 3.81. The predicted octanol–water partition coefficient (Wildman–Crippen LogP) is 3.18. The number of rotatable bonds is 3. The third-order valence-corrected chi connectivity index (χ3v) is 5.07. The summed E-state index contributed by atoms with van der Waals surface area (Å²) in [5.74, 6) is 0.884. The summed E-state index contributed by atoms with van der Waals surface area (Å²) in [5, 5.41) is 7.45. The lowest BCUT2D eigenvalue weighted by molar-refractivity contribution is 0.393. The Bertz CT molecular complexity index is 613. The molecule has 0 amide bonds. The molecule has 0 atom stereocenters. The summed E-state index contributed by atoms with van der Waals surface area (Å²) in [4.78, 5) is 1.31. The second-order valence-corrected chi connectivity index (χ2v) is 6.59. The fraction of sp³-hybridized carbons (Fsp3) is 0.438. The van der Waals surface area contributed by atoms with Gasteiger partial charge in [-0.2, -0.15) is 0 Å². The highest BCUT2D eigenvalue weighted by molar-refractivity contribution is 7.97. The van der Waals surface area contributed by atoms with Gasteiger partial charge in [-0.05, 0) is 49.9 Å². The van der Waals surface area contributed by atoms with Crippen LogP contribution in [-0.2, 0) is 0 Å². The predicted molar refractivity (Wildman–Crippen MR) is 86.4 cm³/mol. The summed E-state index contributed by atoms with van der Waals surface area (Å²) < 4.78 is 7.72. The maximum absolute atomic E-state index is 5.29. The van der Waals surface area contributed by atoms with Crippen LogP contribution in [0, 0.1) is 20.8 Å². The number of aryl methyl sites for hydroxylation is 3. The Morgan fingerprint density at radius 3 is 2.62 bits per heavy atom. The molecule has 1 aliphatic heterocycles. The van der Waals surface area contributed by atoms with Crippen LogP contribution < -0.4 is 5.32 Å². The molecule has 1 aliphatic rings. The molecule has 0 saturated carbocycles. The van der Waals surface area contributed by atoms with E-state index in [1.165, 1.54) is 16.0 Å². The highest BCUT2D eigenvalue weighted by atomic mass is 32.2. The lowest BCUT2D eigenvalue weighted by Crippen LogP contribution is -2.39. The van der Waals surface area contributed by atoms with E-state index in [2.05, 4.69) is 39.9 Å². The molecule has 0 unspecified atom stereocenters. The molecule has 1 aromatic heterocycles. The van der Waals surface area contributed by atoms with Crippen molar-refractivity contribution < 1.29 is 4.52 Å². The summed E-state index contributed by atoms with van der Waals surface area (Å²) in [5.41, 5.74) is 4.58. The van der Waals surface area contributed by atoms with E-state index in [1.807, 2.05) is 25.8 Å². The zero-order chi connectivity index (χ0) is 14.8. The van der Waals surface area contributed by atoms with Crippen molar-refractivity contribution in [1.82, 2.24) is 14.8 Å². The van der Waals surface area contributed by atoms with Gasteiger partial charge in [-0.3, -0.25) is 0 Å². The van der Waals surface area contributed by atoms with E-state index >= 15 is 0 Å². The Kier molecular flexibility index (Phi) is 4.33. The number of benzene rings is 1. The fourth-order valence-corrected chi connectivity index (χ4v) is 3.66. The van der Waals surface area contributed by atoms with Gasteiger partial charge in [0.15, 0.2) is 0 Å². The molecule has 1 fully saturated rings. The van der Waals surface area contributed by atoms with E-state index in [9.17, 15) is 0 Å². The van der Waals surface area contributed by atoms with Crippen LogP contribution in [0.5, 0.6) is 0 Å². The topological polar surface area (TPSA) is 41.3 Å². The summed E-state index contributed by atoms with van der Waals surface area (Å²) >= 11 is 1.86. The Hall–Kier alpha value is -1.30. The minimum Gasteiger partial charge on any atom is -0.361 e. The van der Waals surface area contributed by atoms with Gasteiger partial charge < -0.3 is 9.84 Å². The normalized spacial score (nSPS) is 16.3. The maximum atomic E-state index is 5.29. The number of nitrogens with one attached hydrogen (secondary N) is 1. The highest BCUT2D eigenvalue weighted by Gasteiger charge is 2.15. The second kappa shape index (κ2) is 6.22. The quantitative estimate of drug-likeness (QED) is 0.882. The van der Waals surface area contributed by atoms with Crippen LogP contribution in [-0.4, -0.2) is 35.6 Å². The Balaban J connectivity index is 1.89. The monoisotopic (exact) mass is 303 g/mol. The van der Waals surface area contributed by atoms with Crippen LogP contribution in [0.15, 0.2) is 27.6 Å². The first-order chi connectivity index (χ1) is 10.1. The molecule has 0 aliphatic carbocycles. The molecule has 0 radical (unpaired) electrons. The first kappa shape index (κ1) is 14.6.